The zero-order valence-corrected chi connectivity index (χ0v) is 10.9. The number of fused-ring (bicyclic) bond motifs is 1. The highest BCUT2D eigenvalue weighted by molar-refractivity contribution is 5.93. The molecule has 0 saturated heterocycles. The van der Waals surface area contributed by atoms with E-state index in [1.165, 1.54) is 23.2 Å². The first-order valence-corrected chi connectivity index (χ1v) is 6.21. The van der Waals surface area contributed by atoms with E-state index in [1.54, 1.807) is 18.2 Å². The van der Waals surface area contributed by atoms with Crippen LogP contribution in [-0.2, 0) is 6.54 Å². The number of hydrazine groups is 1. The number of nitrogen functional groups attached to an aromatic ring is 1. The molecule has 7 nitrogen and oxygen atoms in total. The normalized spacial score (nSPS) is 10.7. The standard InChI is InChI=1S/C14H12N4O3/c15-17-13(19)9-5-10(21-7-9)6-18-8-16-12-4-2-1-3-11(12)14(18)20/h1-5,7-8H,6,15H2,(H,17,19). The molecule has 0 fully saturated rings. The first-order chi connectivity index (χ1) is 10.2. The van der Waals surface area contributed by atoms with Gasteiger partial charge in [-0.2, -0.15) is 0 Å². The Kier molecular flexibility index (Phi) is 3.25. The van der Waals surface area contributed by atoms with Gasteiger partial charge in [0.15, 0.2) is 0 Å². The number of para-hydroxylation sites is 1. The Bertz CT molecular complexity index is 866. The van der Waals surface area contributed by atoms with Crippen LogP contribution in [0, 0.1) is 0 Å². The minimum absolute atomic E-state index is 0.165. The number of amides is 1. The predicted octanol–water partition coefficient (Wildman–Crippen LogP) is 0.641. The quantitative estimate of drug-likeness (QED) is 0.417. The van der Waals surface area contributed by atoms with Gasteiger partial charge in [-0.05, 0) is 18.2 Å². The monoisotopic (exact) mass is 284 g/mol. The molecule has 0 saturated carbocycles. The number of benzene rings is 1. The van der Waals surface area contributed by atoms with E-state index in [9.17, 15) is 9.59 Å². The number of rotatable bonds is 3. The molecule has 0 aliphatic carbocycles. The minimum Gasteiger partial charge on any atom is -0.467 e. The second-order valence-corrected chi connectivity index (χ2v) is 4.47. The molecule has 0 spiro atoms. The van der Waals surface area contributed by atoms with Crippen molar-refractivity contribution in [3.8, 4) is 0 Å². The van der Waals surface area contributed by atoms with Gasteiger partial charge in [-0.1, -0.05) is 12.1 Å². The molecule has 7 heteroatoms. The van der Waals surface area contributed by atoms with E-state index in [2.05, 4.69) is 4.98 Å². The molecule has 106 valence electrons. The lowest BCUT2D eigenvalue weighted by Gasteiger charge is -2.04. The molecular weight excluding hydrogens is 272 g/mol. The van der Waals surface area contributed by atoms with Gasteiger partial charge in [-0.15, -0.1) is 0 Å². The number of furan rings is 1. The van der Waals surface area contributed by atoms with Crippen molar-refractivity contribution in [2.24, 2.45) is 5.84 Å². The number of nitrogens with one attached hydrogen (secondary N) is 1. The topological polar surface area (TPSA) is 103 Å². The smallest absolute Gasteiger partial charge is 0.268 e. The van der Waals surface area contributed by atoms with Crippen LogP contribution in [0.2, 0.25) is 0 Å². The van der Waals surface area contributed by atoms with Crippen LogP contribution >= 0.6 is 0 Å². The molecule has 3 aromatic rings. The van der Waals surface area contributed by atoms with Crippen molar-refractivity contribution in [2.45, 2.75) is 6.54 Å². The van der Waals surface area contributed by atoms with E-state index in [0.717, 1.165) is 0 Å². The largest absolute Gasteiger partial charge is 0.467 e. The fourth-order valence-electron chi connectivity index (χ4n) is 2.05. The molecule has 3 rings (SSSR count). The van der Waals surface area contributed by atoms with Crippen molar-refractivity contribution in [1.82, 2.24) is 15.0 Å². The maximum atomic E-state index is 12.3. The van der Waals surface area contributed by atoms with Gasteiger partial charge in [0, 0.05) is 0 Å². The maximum Gasteiger partial charge on any atom is 0.268 e. The van der Waals surface area contributed by atoms with Crippen molar-refractivity contribution in [2.75, 3.05) is 0 Å². The third kappa shape index (κ3) is 2.41. The summed E-state index contributed by atoms with van der Waals surface area (Å²) in [6.07, 6.45) is 2.74. The van der Waals surface area contributed by atoms with Crippen molar-refractivity contribution in [1.29, 1.82) is 0 Å². The zero-order valence-electron chi connectivity index (χ0n) is 10.9. The van der Waals surface area contributed by atoms with Gasteiger partial charge in [0.1, 0.15) is 12.0 Å². The first kappa shape index (κ1) is 13.1. The number of aromatic nitrogens is 2. The van der Waals surface area contributed by atoms with Crippen LogP contribution in [-0.4, -0.2) is 15.5 Å². The highest BCUT2D eigenvalue weighted by Crippen LogP contribution is 2.10. The third-order valence-corrected chi connectivity index (χ3v) is 3.10. The summed E-state index contributed by atoms with van der Waals surface area (Å²) in [4.78, 5) is 27.9. The molecule has 0 bridgehead atoms. The predicted molar refractivity (Wildman–Crippen MR) is 75.5 cm³/mol. The van der Waals surface area contributed by atoms with Crippen molar-refractivity contribution >= 4 is 16.8 Å². The molecule has 2 aromatic heterocycles. The SMILES string of the molecule is NNC(=O)c1coc(Cn2cnc3ccccc3c2=O)c1. The lowest BCUT2D eigenvalue weighted by Crippen LogP contribution is -2.29. The van der Waals surface area contributed by atoms with Crippen LogP contribution < -0.4 is 16.8 Å². The van der Waals surface area contributed by atoms with E-state index in [1.807, 2.05) is 11.5 Å². The molecule has 2 heterocycles. The summed E-state index contributed by atoms with van der Waals surface area (Å²) in [5, 5.41) is 0.534. The molecule has 1 amide bonds. The molecule has 0 unspecified atom stereocenters. The number of nitrogens with two attached hydrogens (primary N) is 1. The summed E-state index contributed by atoms with van der Waals surface area (Å²) < 4.78 is 6.68. The van der Waals surface area contributed by atoms with E-state index in [4.69, 9.17) is 10.3 Å². The summed E-state index contributed by atoms with van der Waals surface area (Å²) >= 11 is 0. The number of carbonyl (C=O) groups is 1. The molecular formula is C14H12N4O3. The second kappa shape index (κ2) is 5.22. The molecule has 0 aliphatic heterocycles. The van der Waals surface area contributed by atoms with Crippen LogP contribution in [0.25, 0.3) is 10.9 Å². The third-order valence-electron chi connectivity index (χ3n) is 3.10. The van der Waals surface area contributed by atoms with Crippen molar-refractivity contribution in [3.05, 3.63) is 64.6 Å². The van der Waals surface area contributed by atoms with Gasteiger partial charge in [-0.3, -0.25) is 19.6 Å². The summed E-state index contributed by atoms with van der Waals surface area (Å²) in [5.41, 5.74) is 2.79. The van der Waals surface area contributed by atoms with E-state index in [-0.39, 0.29) is 12.1 Å². The molecule has 0 aliphatic rings. The van der Waals surface area contributed by atoms with Crippen LogP contribution in [0.15, 0.2) is 52.1 Å². The fraction of sp³-hybridized carbons (Fsp3) is 0.0714. The summed E-state index contributed by atoms with van der Waals surface area (Å²) in [7, 11) is 0. The highest BCUT2D eigenvalue weighted by Gasteiger charge is 2.10. The van der Waals surface area contributed by atoms with Crippen molar-refractivity contribution in [3.63, 3.8) is 0 Å². The average molecular weight is 284 g/mol. The molecule has 21 heavy (non-hydrogen) atoms. The zero-order chi connectivity index (χ0) is 14.8. The molecule has 3 N–H and O–H groups in total. The van der Waals surface area contributed by atoms with Gasteiger partial charge in [0.2, 0.25) is 0 Å². The second-order valence-electron chi connectivity index (χ2n) is 4.47. The van der Waals surface area contributed by atoms with E-state index < -0.39 is 5.91 Å². The van der Waals surface area contributed by atoms with Gasteiger partial charge in [-0.25, -0.2) is 10.8 Å². The van der Waals surface area contributed by atoms with Crippen LogP contribution in [0.5, 0.6) is 0 Å². The molecule has 0 radical (unpaired) electrons. The van der Waals surface area contributed by atoms with Crippen LogP contribution in [0.4, 0.5) is 0 Å². The summed E-state index contributed by atoms with van der Waals surface area (Å²) in [5.74, 6) is 5.06. The van der Waals surface area contributed by atoms with Crippen LogP contribution in [0.1, 0.15) is 16.1 Å². The number of nitrogens with zero attached hydrogens (tertiary/aromatic N) is 2. The average Bonchev–Trinajstić information content (AvgIpc) is 2.98. The summed E-state index contributed by atoms with van der Waals surface area (Å²) in [6, 6.07) is 8.63. The first-order valence-electron chi connectivity index (χ1n) is 6.21. The lowest BCUT2D eigenvalue weighted by molar-refractivity contribution is 0.0953. The Morgan fingerprint density at radius 1 is 1.38 bits per heavy atom. The van der Waals surface area contributed by atoms with Crippen molar-refractivity contribution < 1.29 is 9.21 Å². The Morgan fingerprint density at radius 3 is 3.00 bits per heavy atom. The lowest BCUT2D eigenvalue weighted by atomic mass is 10.2. The number of hydrogen-bond acceptors (Lipinski definition) is 5. The molecule has 1 aromatic carbocycles. The van der Waals surface area contributed by atoms with E-state index in [0.29, 0.717) is 22.2 Å². The highest BCUT2D eigenvalue weighted by atomic mass is 16.3. The van der Waals surface area contributed by atoms with Gasteiger partial charge >= 0.3 is 0 Å². The Morgan fingerprint density at radius 2 is 2.19 bits per heavy atom. The van der Waals surface area contributed by atoms with Gasteiger partial charge in [0.25, 0.3) is 11.5 Å². The maximum absolute atomic E-state index is 12.3. The minimum atomic E-state index is -0.450. The Labute approximate surface area is 119 Å². The number of hydrogen-bond donors (Lipinski definition) is 2. The van der Waals surface area contributed by atoms with Gasteiger partial charge in [0.05, 0.1) is 29.3 Å². The summed E-state index contributed by atoms with van der Waals surface area (Å²) in [6.45, 7) is 0.189. The number of carbonyl (C=O) groups excluding carboxylic acids is 1. The Hall–Kier alpha value is -2.93. The van der Waals surface area contributed by atoms with Gasteiger partial charge < -0.3 is 4.42 Å². The fourth-order valence-corrected chi connectivity index (χ4v) is 2.05. The van der Waals surface area contributed by atoms with E-state index >= 15 is 0 Å². The van der Waals surface area contributed by atoms with Crippen LogP contribution in [0.3, 0.4) is 0 Å². The Balaban J connectivity index is 1.95. The molecule has 0 atom stereocenters.